The maximum Gasteiger partial charge on any atom is 0.181 e. The predicted octanol–water partition coefficient (Wildman–Crippen LogP) is 2.15. The van der Waals surface area contributed by atoms with E-state index in [4.69, 9.17) is 0 Å². The molecule has 0 fully saturated rings. The van der Waals surface area contributed by atoms with Crippen LogP contribution in [0.5, 0.6) is 0 Å². The number of aliphatic imine (C=N–C) groups is 1. The van der Waals surface area contributed by atoms with E-state index < -0.39 is 0 Å². The van der Waals surface area contributed by atoms with Crippen molar-refractivity contribution >= 4 is 20.9 Å². The van der Waals surface area contributed by atoms with Crippen molar-refractivity contribution in [1.82, 2.24) is 0 Å². The fourth-order valence-electron chi connectivity index (χ4n) is 1.19. The zero-order chi connectivity index (χ0) is 7.68. The predicted molar refractivity (Wildman–Crippen MR) is 53.2 cm³/mol. The topological polar surface area (TPSA) is 12.4 Å². The number of hydrogen-bond donors (Lipinski definition) is 0. The van der Waals surface area contributed by atoms with Crippen LogP contribution in [0.15, 0.2) is 28.9 Å². The van der Waals surface area contributed by atoms with E-state index in [1.54, 1.807) is 0 Å². The second kappa shape index (κ2) is 2.70. The Morgan fingerprint density at radius 3 is 3.36 bits per heavy atom. The highest BCUT2D eigenvalue weighted by Crippen LogP contribution is 2.26. The molecule has 1 heterocycles. The van der Waals surface area contributed by atoms with Crippen LogP contribution in [-0.2, 0) is 0 Å². The van der Waals surface area contributed by atoms with E-state index in [1.807, 2.05) is 6.42 Å². The first kappa shape index (κ1) is 6.92. The quantitative estimate of drug-likeness (QED) is 0.416. The molecule has 0 saturated carbocycles. The summed E-state index contributed by atoms with van der Waals surface area (Å²) >= 11 is 0. The van der Waals surface area contributed by atoms with E-state index >= 15 is 0 Å². The Morgan fingerprint density at radius 1 is 1.64 bits per heavy atom. The summed E-state index contributed by atoms with van der Waals surface area (Å²) in [5.41, 5.74) is 3.24. The van der Waals surface area contributed by atoms with Gasteiger partial charge in [-0.05, 0) is 5.75 Å². The molecule has 11 heavy (non-hydrogen) atoms. The highest BCUT2D eigenvalue weighted by molar-refractivity contribution is 8.27. The van der Waals surface area contributed by atoms with Crippen LogP contribution in [0, 0.1) is 6.42 Å². The molecule has 56 valence electrons. The Morgan fingerprint density at radius 2 is 2.55 bits per heavy atom. The second-order valence-corrected chi connectivity index (χ2v) is 4.51. The first-order valence-corrected chi connectivity index (χ1v) is 5.20. The van der Waals surface area contributed by atoms with E-state index in [1.165, 1.54) is 10.6 Å². The second-order valence-electron chi connectivity index (χ2n) is 2.42. The van der Waals surface area contributed by atoms with Crippen LogP contribution >= 0.6 is 10.5 Å². The molecule has 1 aliphatic carbocycles. The van der Waals surface area contributed by atoms with E-state index in [-0.39, 0.29) is 0 Å². The molecule has 0 spiro atoms. The first-order chi connectivity index (χ1) is 5.42. The van der Waals surface area contributed by atoms with Gasteiger partial charge in [-0.1, -0.05) is 6.92 Å². The number of allylic oxidation sites excluding steroid dienone is 3. The molecule has 0 N–H and O–H groups in total. The molecule has 1 atom stereocenters. The highest BCUT2D eigenvalue weighted by Gasteiger charge is 2.20. The van der Waals surface area contributed by atoms with Crippen molar-refractivity contribution in [1.29, 1.82) is 0 Å². The summed E-state index contributed by atoms with van der Waals surface area (Å²) in [4.78, 5) is 5.75. The summed E-state index contributed by atoms with van der Waals surface area (Å²) in [6, 6.07) is 0. The van der Waals surface area contributed by atoms with Crippen LogP contribution < -0.4 is 0 Å². The van der Waals surface area contributed by atoms with Crippen LogP contribution in [0.25, 0.3) is 0 Å². The summed E-state index contributed by atoms with van der Waals surface area (Å²) in [5.74, 6) is 1.18. The van der Waals surface area contributed by atoms with Crippen LogP contribution in [0.1, 0.15) is 6.92 Å². The van der Waals surface area contributed by atoms with Crippen molar-refractivity contribution in [3.8, 4) is 0 Å². The first-order valence-electron chi connectivity index (χ1n) is 3.74. The van der Waals surface area contributed by atoms with Crippen molar-refractivity contribution in [3.63, 3.8) is 0 Å². The lowest BCUT2D eigenvalue weighted by atomic mass is 10.1. The van der Waals surface area contributed by atoms with E-state index in [2.05, 4.69) is 35.7 Å². The van der Waals surface area contributed by atoms with Gasteiger partial charge in [-0.3, -0.25) is 0 Å². The van der Waals surface area contributed by atoms with Gasteiger partial charge in [0.05, 0.1) is 17.7 Å². The van der Waals surface area contributed by atoms with Crippen molar-refractivity contribution in [2.45, 2.75) is 6.92 Å². The average Bonchev–Trinajstić information content (AvgIpc) is 2.47. The van der Waals surface area contributed by atoms with Gasteiger partial charge in [-0.25, -0.2) is 0 Å². The van der Waals surface area contributed by atoms with Crippen LogP contribution in [0.2, 0.25) is 0 Å². The molecule has 2 rings (SSSR count). The third kappa shape index (κ3) is 1.07. The Hall–Kier alpha value is -0.760. The Bertz CT molecular complexity index is 295. The zero-order valence-corrected chi connectivity index (χ0v) is 7.27. The van der Waals surface area contributed by atoms with E-state index in [0.29, 0.717) is 10.5 Å². The summed E-state index contributed by atoms with van der Waals surface area (Å²) in [6.45, 7) is 2.21. The fraction of sp³-hybridized carbons (Fsp3) is 0.222. The van der Waals surface area contributed by atoms with Crippen LogP contribution in [0.3, 0.4) is 0 Å². The number of nitrogens with zero attached hydrogens (tertiary/aromatic N) is 1. The van der Waals surface area contributed by atoms with Crippen molar-refractivity contribution in [2.24, 2.45) is 4.99 Å². The number of fused-ring (bicyclic) bond motifs is 1. The van der Waals surface area contributed by atoms with E-state index in [0.717, 1.165) is 5.70 Å². The SMILES string of the molecule is CCS1=C2C=C[CH+]C=C2N=C1. The molecule has 1 aliphatic heterocycles. The van der Waals surface area contributed by atoms with Gasteiger partial charge < -0.3 is 0 Å². The molecule has 0 aromatic rings. The Kier molecular flexibility index (Phi) is 1.70. The molecule has 0 radical (unpaired) electrons. The van der Waals surface area contributed by atoms with Gasteiger partial charge in [-0.15, -0.1) is 10.5 Å². The van der Waals surface area contributed by atoms with E-state index in [9.17, 15) is 0 Å². The molecule has 0 amide bonds. The molecule has 0 aromatic carbocycles. The molecule has 0 saturated heterocycles. The smallest absolute Gasteiger partial charge is 0.181 e. The van der Waals surface area contributed by atoms with Crippen molar-refractivity contribution in [2.75, 3.05) is 5.75 Å². The largest absolute Gasteiger partial charge is 0.183 e. The van der Waals surface area contributed by atoms with Gasteiger partial charge in [0.15, 0.2) is 5.70 Å². The molecular weight excluding hydrogens is 154 g/mol. The minimum Gasteiger partial charge on any atom is -0.183 e. The molecule has 2 heteroatoms. The summed E-state index contributed by atoms with van der Waals surface area (Å²) in [6.07, 6.45) is 8.38. The third-order valence-corrected chi connectivity index (χ3v) is 3.67. The molecular formula is C9H10NS+. The van der Waals surface area contributed by atoms with Crippen molar-refractivity contribution < 1.29 is 0 Å². The molecule has 0 aromatic heterocycles. The Balaban J connectivity index is 2.44. The standard InChI is InChI=1S/C9H10NS/c1-2-11-7-10-8-5-3-4-6-9(8)11/h3-7H,2H2,1H3/q+1. The lowest BCUT2D eigenvalue weighted by Crippen LogP contribution is -1.97. The minimum atomic E-state index is 0.299. The molecule has 1 nitrogen and oxygen atoms in total. The maximum absolute atomic E-state index is 4.34. The lowest BCUT2D eigenvalue weighted by molar-refractivity contribution is 1.47. The van der Waals surface area contributed by atoms with Gasteiger partial charge in [0.1, 0.15) is 4.86 Å². The monoisotopic (exact) mass is 164 g/mol. The fourth-order valence-corrected chi connectivity index (χ4v) is 2.65. The zero-order valence-electron chi connectivity index (χ0n) is 6.45. The van der Waals surface area contributed by atoms with Gasteiger partial charge in [0.2, 0.25) is 0 Å². The minimum absolute atomic E-state index is 0.299. The Labute approximate surface area is 69.5 Å². The maximum atomic E-state index is 4.34. The van der Waals surface area contributed by atoms with Crippen molar-refractivity contribution in [3.05, 3.63) is 30.3 Å². The normalized spacial score (nSPS) is 26.5. The van der Waals surface area contributed by atoms with Crippen LogP contribution in [-0.4, -0.2) is 16.2 Å². The summed E-state index contributed by atoms with van der Waals surface area (Å²) in [5, 5.41) is 0. The summed E-state index contributed by atoms with van der Waals surface area (Å²) in [7, 11) is 0.299. The number of rotatable bonds is 1. The molecule has 0 bridgehead atoms. The molecule has 1 unspecified atom stereocenters. The highest BCUT2D eigenvalue weighted by atomic mass is 32.2. The number of hydrogen-bond acceptors (Lipinski definition) is 1. The summed E-state index contributed by atoms with van der Waals surface area (Å²) < 4.78 is 0. The average molecular weight is 164 g/mol. The van der Waals surface area contributed by atoms with Gasteiger partial charge in [-0.2, -0.15) is 4.99 Å². The third-order valence-electron chi connectivity index (χ3n) is 1.78. The van der Waals surface area contributed by atoms with Gasteiger partial charge >= 0.3 is 0 Å². The van der Waals surface area contributed by atoms with Crippen LogP contribution in [0.4, 0.5) is 0 Å². The lowest BCUT2D eigenvalue weighted by Gasteiger charge is -1.96. The van der Waals surface area contributed by atoms with Gasteiger partial charge in [0, 0.05) is 12.5 Å². The molecule has 2 aliphatic rings. The van der Waals surface area contributed by atoms with Gasteiger partial charge in [0.25, 0.3) is 0 Å².